The van der Waals surface area contributed by atoms with E-state index in [0.29, 0.717) is 10.7 Å². The molecule has 3 aromatic rings. The largest absolute Gasteiger partial charge is 0.417 e. The number of nitrogens with zero attached hydrogens (tertiary/aromatic N) is 3. The van der Waals surface area contributed by atoms with E-state index in [1.54, 1.807) is 6.07 Å². The summed E-state index contributed by atoms with van der Waals surface area (Å²) >= 11 is 18.4. The van der Waals surface area contributed by atoms with Gasteiger partial charge in [-0.2, -0.15) is 13.2 Å². The second kappa shape index (κ2) is 7.75. The zero-order valence-electron chi connectivity index (χ0n) is 13.0. The second-order valence-corrected chi connectivity index (χ2v) is 7.38. The summed E-state index contributed by atoms with van der Waals surface area (Å²) in [5.74, 6) is -0.525. The molecule has 1 N–H and O–H groups in total. The van der Waals surface area contributed by atoms with Gasteiger partial charge in [0.2, 0.25) is 5.91 Å². The van der Waals surface area contributed by atoms with Gasteiger partial charge in [-0.05, 0) is 24.3 Å². The number of aromatic nitrogens is 3. The lowest BCUT2D eigenvalue weighted by atomic mass is 10.3. The summed E-state index contributed by atoms with van der Waals surface area (Å²) in [6.07, 6.45) is -3.74. The van der Waals surface area contributed by atoms with Crippen LogP contribution in [0, 0.1) is 0 Å². The molecule has 2 aromatic heterocycles. The summed E-state index contributed by atoms with van der Waals surface area (Å²) < 4.78 is 39.9. The van der Waals surface area contributed by atoms with Gasteiger partial charge in [0.05, 0.1) is 26.4 Å². The molecule has 0 unspecified atom stereocenters. The number of thioether (sulfide) groups is 1. The molecule has 0 radical (unpaired) electrons. The number of carbonyl (C=O) groups excluding carboxylic acids is 1. The van der Waals surface area contributed by atoms with Crippen molar-refractivity contribution in [1.29, 1.82) is 0 Å². The predicted octanol–water partition coefficient (Wildman–Crippen LogP) is 5.44. The molecule has 5 nitrogen and oxygen atoms in total. The van der Waals surface area contributed by atoms with Gasteiger partial charge in [-0.15, -0.1) is 10.2 Å². The normalized spacial score (nSPS) is 11.8. The predicted molar refractivity (Wildman–Crippen MR) is 98.8 cm³/mol. The van der Waals surface area contributed by atoms with Gasteiger partial charge in [-0.1, -0.05) is 46.6 Å². The van der Waals surface area contributed by atoms with Crippen LogP contribution >= 0.6 is 46.6 Å². The maximum atomic E-state index is 12.9. The molecule has 142 valence electrons. The molecular weight excluding hydrogens is 448 g/mol. The number of halogens is 6. The van der Waals surface area contributed by atoms with E-state index in [1.165, 1.54) is 12.1 Å². The highest BCUT2D eigenvalue weighted by Crippen LogP contribution is 2.33. The number of benzene rings is 1. The van der Waals surface area contributed by atoms with Crippen molar-refractivity contribution in [2.75, 3.05) is 11.1 Å². The molecule has 0 aliphatic heterocycles. The monoisotopic (exact) mass is 454 g/mol. The molecule has 0 aliphatic rings. The molecule has 0 aliphatic carbocycles. The highest BCUT2D eigenvalue weighted by atomic mass is 35.5. The first kappa shape index (κ1) is 20.1. The Labute approximate surface area is 169 Å². The van der Waals surface area contributed by atoms with Gasteiger partial charge in [0, 0.05) is 11.9 Å². The smallest absolute Gasteiger partial charge is 0.325 e. The maximum absolute atomic E-state index is 12.9. The molecule has 0 bridgehead atoms. The summed E-state index contributed by atoms with van der Waals surface area (Å²) in [6.45, 7) is 0. The first-order valence-corrected chi connectivity index (χ1v) is 9.26. The van der Waals surface area contributed by atoms with Crippen LogP contribution in [0.1, 0.15) is 5.56 Å². The summed E-state index contributed by atoms with van der Waals surface area (Å²) in [7, 11) is 0. The van der Waals surface area contributed by atoms with Crippen molar-refractivity contribution in [3.63, 3.8) is 0 Å². The fraction of sp³-hybridized carbons (Fsp3) is 0.133. The second-order valence-electron chi connectivity index (χ2n) is 5.22. The third kappa shape index (κ3) is 4.60. The molecule has 2 heterocycles. The van der Waals surface area contributed by atoms with Gasteiger partial charge < -0.3 is 5.32 Å². The number of nitrogens with one attached hydrogen (secondary N) is 1. The number of alkyl halides is 3. The average Bonchev–Trinajstić information content (AvgIpc) is 2.99. The summed E-state index contributed by atoms with van der Waals surface area (Å²) in [6, 6.07) is 5.35. The van der Waals surface area contributed by atoms with Gasteiger partial charge in [0.1, 0.15) is 0 Å². The standard InChI is InChI=1S/C15H8Cl3F3N4OS/c16-9-2-1-8(4-10(9)17)22-12(26)6-27-14-24-23-13-11(18)3-7(5-25(13)14)15(19,20)21/h1-5H,6H2,(H,22,26). The molecule has 0 fully saturated rings. The van der Waals surface area contributed by atoms with Crippen LogP contribution in [0.5, 0.6) is 0 Å². The SMILES string of the molecule is O=C(CSc1nnc2c(Cl)cc(C(F)(F)F)cn12)Nc1ccc(Cl)c(Cl)c1. The van der Waals surface area contributed by atoms with Crippen LogP contribution in [0.4, 0.5) is 18.9 Å². The molecule has 12 heteroatoms. The summed E-state index contributed by atoms with van der Waals surface area (Å²) in [5.41, 5.74) is -0.442. The van der Waals surface area contributed by atoms with E-state index in [2.05, 4.69) is 15.5 Å². The van der Waals surface area contributed by atoms with Gasteiger partial charge in [-0.25, -0.2) is 0 Å². The first-order valence-electron chi connectivity index (χ1n) is 7.14. The Morgan fingerprint density at radius 2 is 1.85 bits per heavy atom. The minimum absolute atomic E-state index is 0.0667. The molecule has 1 aromatic carbocycles. The third-order valence-corrected chi connectivity index (χ3v) is 5.25. The van der Waals surface area contributed by atoms with E-state index < -0.39 is 17.6 Å². The fourth-order valence-corrected chi connectivity index (χ4v) is 3.34. The molecule has 0 atom stereocenters. The van der Waals surface area contributed by atoms with Gasteiger partial charge >= 0.3 is 6.18 Å². The Kier molecular flexibility index (Phi) is 5.76. The van der Waals surface area contributed by atoms with E-state index in [1.807, 2.05) is 0 Å². The molecule has 0 saturated heterocycles. The Morgan fingerprint density at radius 1 is 1.11 bits per heavy atom. The quantitative estimate of drug-likeness (QED) is 0.532. The van der Waals surface area contributed by atoms with Gasteiger partial charge in [0.15, 0.2) is 10.8 Å². The Hall–Kier alpha value is -1.68. The minimum Gasteiger partial charge on any atom is -0.325 e. The Morgan fingerprint density at radius 3 is 2.52 bits per heavy atom. The zero-order valence-corrected chi connectivity index (χ0v) is 16.1. The van der Waals surface area contributed by atoms with Gasteiger partial charge in [0.25, 0.3) is 0 Å². The Bertz CT molecular complexity index is 1030. The molecule has 3 rings (SSSR count). The number of rotatable bonds is 4. The van der Waals surface area contributed by atoms with Crippen LogP contribution in [0.2, 0.25) is 15.1 Å². The van der Waals surface area contributed by atoms with E-state index in [4.69, 9.17) is 34.8 Å². The number of pyridine rings is 1. The van der Waals surface area contributed by atoms with Crippen molar-refractivity contribution in [2.45, 2.75) is 11.3 Å². The van der Waals surface area contributed by atoms with Crippen LogP contribution in [-0.4, -0.2) is 26.3 Å². The van der Waals surface area contributed by atoms with E-state index in [-0.39, 0.29) is 26.6 Å². The van der Waals surface area contributed by atoms with E-state index in [0.717, 1.165) is 28.4 Å². The molecule has 1 amide bonds. The lowest BCUT2D eigenvalue weighted by Crippen LogP contribution is -2.14. The third-order valence-electron chi connectivity index (χ3n) is 3.29. The number of hydrogen-bond donors (Lipinski definition) is 1. The van der Waals surface area contributed by atoms with E-state index in [9.17, 15) is 18.0 Å². The topological polar surface area (TPSA) is 59.3 Å². The highest BCUT2D eigenvalue weighted by molar-refractivity contribution is 7.99. The van der Waals surface area contributed by atoms with Crippen molar-refractivity contribution in [2.24, 2.45) is 0 Å². The number of hydrogen-bond acceptors (Lipinski definition) is 4. The van der Waals surface area contributed by atoms with Crippen molar-refractivity contribution in [3.05, 3.63) is 51.1 Å². The summed E-state index contributed by atoms with van der Waals surface area (Å²) in [5, 5.41) is 10.7. The Balaban J connectivity index is 1.75. The van der Waals surface area contributed by atoms with Crippen LogP contribution in [-0.2, 0) is 11.0 Å². The average molecular weight is 456 g/mol. The minimum atomic E-state index is -4.57. The van der Waals surface area contributed by atoms with Gasteiger partial charge in [-0.3, -0.25) is 9.20 Å². The van der Waals surface area contributed by atoms with Crippen LogP contribution < -0.4 is 5.32 Å². The number of amides is 1. The van der Waals surface area contributed by atoms with Crippen LogP contribution in [0.3, 0.4) is 0 Å². The number of anilines is 1. The van der Waals surface area contributed by atoms with Crippen LogP contribution in [0.25, 0.3) is 5.65 Å². The van der Waals surface area contributed by atoms with Crippen molar-refractivity contribution >= 4 is 63.8 Å². The molecule has 0 saturated carbocycles. The molecule has 27 heavy (non-hydrogen) atoms. The van der Waals surface area contributed by atoms with Crippen molar-refractivity contribution in [3.8, 4) is 0 Å². The zero-order chi connectivity index (χ0) is 19.8. The lowest BCUT2D eigenvalue weighted by molar-refractivity contribution is -0.137. The van der Waals surface area contributed by atoms with Crippen molar-refractivity contribution < 1.29 is 18.0 Å². The first-order chi connectivity index (χ1) is 12.6. The van der Waals surface area contributed by atoms with Crippen molar-refractivity contribution in [1.82, 2.24) is 14.6 Å². The summed E-state index contributed by atoms with van der Waals surface area (Å²) in [4.78, 5) is 12.1. The lowest BCUT2D eigenvalue weighted by Gasteiger charge is -2.09. The molecular formula is C15H8Cl3F3N4OS. The fourth-order valence-electron chi connectivity index (χ4n) is 2.09. The van der Waals surface area contributed by atoms with Crippen LogP contribution in [0.15, 0.2) is 35.6 Å². The number of carbonyl (C=O) groups is 1. The number of fused-ring (bicyclic) bond motifs is 1. The van der Waals surface area contributed by atoms with E-state index >= 15 is 0 Å². The maximum Gasteiger partial charge on any atom is 0.417 e. The highest BCUT2D eigenvalue weighted by Gasteiger charge is 2.32. The molecule has 0 spiro atoms.